The van der Waals surface area contributed by atoms with Crippen LogP contribution in [0.15, 0.2) is 36.1 Å². The number of Topliss-reactive ketones (excluding diaryl/α,β-unsaturated/α-hetero) is 1. The van der Waals surface area contributed by atoms with Gasteiger partial charge in [0, 0.05) is 23.3 Å². The lowest BCUT2D eigenvalue weighted by atomic mass is 9.42. The summed E-state index contributed by atoms with van der Waals surface area (Å²) in [5.41, 5.74) is 0.947. The van der Waals surface area contributed by atoms with E-state index in [-0.39, 0.29) is 40.5 Å². The lowest BCUT2D eigenvalue weighted by molar-refractivity contribution is -0.152. The SMILES string of the molecule is COC1=CC(=O)C2C3CCCC3(c3ccc(OC)cc3)C2C1=O. The van der Waals surface area contributed by atoms with Gasteiger partial charge in [0.2, 0.25) is 5.78 Å². The van der Waals surface area contributed by atoms with E-state index in [0.29, 0.717) is 0 Å². The minimum atomic E-state index is -0.268. The molecule has 1 aromatic carbocycles. The van der Waals surface area contributed by atoms with E-state index < -0.39 is 0 Å². The van der Waals surface area contributed by atoms with E-state index in [2.05, 4.69) is 12.1 Å². The largest absolute Gasteiger partial charge is 0.497 e. The van der Waals surface area contributed by atoms with Crippen LogP contribution in [0.1, 0.15) is 24.8 Å². The first-order chi connectivity index (χ1) is 11.1. The minimum Gasteiger partial charge on any atom is -0.497 e. The molecular weight excluding hydrogens is 292 g/mol. The third-order valence-corrected chi connectivity index (χ3v) is 6.09. The summed E-state index contributed by atoms with van der Waals surface area (Å²) < 4.78 is 10.4. The first-order valence-electron chi connectivity index (χ1n) is 8.11. The molecule has 1 aromatic rings. The molecular formula is C19H20O4. The molecule has 0 spiro atoms. The number of carbonyl (C=O) groups is 2. The zero-order valence-electron chi connectivity index (χ0n) is 13.4. The number of allylic oxidation sites excluding steroid dienone is 2. The van der Waals surface area contributed by atoms with Crippen LogP contribution in [0.5, 0.6) is 5.75 Å². The topological polar surface area (TPSA) is 52.6 Å². The van der Waals surface area contributed by atoms with Crippen LogP contribution < -0.4 is 4.74 Å². The molecule has 0 heterocycles. The molecule has 0 aliphatic heterocycles. The van der Waals surface area contributed by atoms with E-state index in [1.54, 1.807) is 7.11 Å². The van der Waals surface area contributed by atoms with Gasteiger partial charge in [0.15, 0.2) is 11.5 Å². The molecule has 0 N–H and O–H groups in total. The number of fused-ring (bicyclic) bond motifs is 4. The summed E-state index contributed by atoms with van der Waals surface area (Å²) >= 11 is 0. The Kier molecular flexibility index (Phi) is 3.12. The minimum absolute atomic E-state index is 0.00827. The van der Waals surface area contributed by atoms with Crippen LogP contribution in [0.25, 0.3) is 0 Å². The van der Waals surface area contributed by atoms with E-state index >= 15 is 0 Å². The Balaban J connectivity index is 1.79. The molecule has 0 amide bonds. The second kappa shape index (κ2) is 4.95. The maximum absolute atomic E-state index is 12.8. The van der Waals surface area contributed by atoms with Gasteiger partial charge in [-0.1, -0.05) is 18.6 Å². The summed E-state index contributed by atoms with van der Waals surface area (Å²) in [6.45, 7) is 0. The number of carbonyl (C=O) groups excluding carboxylic acids is 2. The van der Waals surface area contributed by atoms with Crippen molar-refractivity contribution in [2.45, 2.75) is 24.7 Å². The normalized spacial score (nSPS) is 35.0. The number of ether oxygens (including phenoxy) is 2. The van der Waals surface area contributed by atoms with Gasteiger partial charge in [-0.05, 0) is 36.5 Å². The molecule has 4 rings (SSSR count). The molecule has 4 atom stereocenters. The van der Waals surface area contributed by atoms with E-state index in [0.717, 1.165) is 30.6 Å². The highest BCUT2D eigenvalue weighted by Crippen LogP contribution is 2.67. The van der Waals surface area contributed by atoms with Gasteiger partial charge in [-0.3, -0.25) is 9.59 Å². The predicted molar refractivity (Wildman–Crippen MR) is 84.1 cm³/mol. The van der Waals surface area contributed by atoms with Crippen LogP contribution in [0, 0.1) is 17.8 Å². The first-order valence-corrected chi connectivity index (χ1v) is 8.11. The molecule has 3 aliphatic carbocycles. The fourth-order valence-corrected chi connectivity index (χ4v) is 5.19. The molecule has 3 aliphatic rings. The Morgan fingerprint density at radius 2 is 1.83 bits per heavy atom. The van der Waals surface area contributed by atoms with Gasteiger partial charge in [0.25, 0.3) is 0 Å². The number of rotatable bonds is 3. The van der Waals surface area contributed by atoms with Crippen molar-refractivity contribution in [1.82, 2.24) is 0 Å². The van der Waals surface area contributed by atoms with Crippen molar-refractivity contribution in [1.29, 1.82) is 0 Å². The number of benzene rings is 1. The monoisotopic (exact) mass is 312 g/mol. The summed E-state index contributed by atoms with van der Waals surface area (Å²) in [6, 6.07) is 7.98. The Hall–Kier alpha value is -2.10. The van der Waals surface area contributed by atoms with E-state index in [1.807, 2.05) is 12.1 Å². The fraction of sp³-hybridized carbons (Fsp3) is 0.474. The molecule has 2 saturated carbocycles. The number of methoxy groups -OCH3 is 2. The van der Waals surface area contributed by atoms with Crippen LogP contribution in [-0.4, -0.2) is 25.8 Å². The molecule has 120 valence electrons. The second-order valence-electron chi connectivity index (χ2n) is 6.75. The summed E-state index contributed by atoms with van der Waals surface area (Å²) in [4.78, 5) is 25.3. The van der Waals surface area contributed by atoms with Crippen molar-refractivity contribution in [3.63, 3.8) is 0 Å². The molecule has 4 unspecified atom stereocenters. The molecule has 0 radical (unpaired) electrons. The van der Waals surface area contributed by atoms with Crippen LogP contribution in [0.2, 0.25) is 0 Å². The zero-order valence-corrected chi connectivity index (χ0v) is 13.4. The van der Waals surface area contributed by atoms with E-state index in [1.165, 1.54) is 13.2 Å². The highest BCUT2D eigenvalue weighted by molar-refractivity contribution is 6.12. The van der Waals surface area contributed by atoms with Crippen LogP contribution in [-0.2, 0) is 19.7 Å². The first kappa shape index (κ1) is 14.5. The van der Waals surface area contributed by atoms with Gasteiger partial charge in [0.1, 0.15) is 5.75 Å². The third kappa shape index (κ3) is 1.72. The number of ketones is 2. The molecule has 2 fully saturated rings. The van der Waals surface area contributed by atoms with Gasteiger partial charge >= 0.3 is 0 Å². The van der Waals surface area contributed by atoms with Crippen molar-refractivity contribution in [3.8, 4) is 5.75 Å². The maximum Gasteiger partial charge on any atom is 0.202 e. The lowest BCUT2D eigenvalue weighted by Crippen LogP contribution is -2.64. The summed E-state index contributed by atoms with van der Waals surface area (Å²) in [6.07, 6.45) is 4.44. The van der Waals surface area contributed by atoms with Gasteiger partial charge in [0.05, 0.1) is 14.2 Å². The molecule has 23 heavy (non-hydrogen) atoms. The second-order valence-corrected chi connectivity index (χ2v) is 6.75. The highest BCUT2D eigenvalue weighted by Gasteiger charge is 2.69. The Bertz CT molecular complexity index is 703. The highest BCUT2D eigenvalue weighted by atomic mass is 16.5. The molecule has 0 saturated heterocycles. The Morgan fingerprint density at radius 3 is 2.48 bits per heavy atom. The van der Waals surface area contributed by atoms with Crippen molar-refractivity contribution in [2.24, 2.45) is 17.8 Å². The predicted octanol–water partition coefficient (Wildman–Crippen LogP) is 2.66. The number of hydrogen-bond acceptors (Lipinski definition) is 4. The lowest BCUT2D eigenvalue weighted by Gasteiger charge is -2.58. The molecule has 0 aromatic heterocycles. The molecule has 0 bridgehead atoms. The third-order valence-electron chi connectivity index (χ3n) is 6.09. The zero-order chi connectivity index (χ0) is 16.2. The summed E-state index contributed by atoms with van der Waals surface area (Å²) in [5.74, 6) is 0.913. The quantitative estimate of drug-likeness (QED) is 0.861. The van der Waals surface area contributed by atoms with Crippen LogP contribution in [0.4, 0.5) is 0 Å². The molecule has 4 nitrogen and oxygen atoms in total. The van der Waals surface area contributed by atoms with Crippen molar-refractivity contribution < 1.29 is 19.1 Å². The molecule has 4 heteroatoms. The number of hydrogen-bond donors (Lipinski definition) is 0. The van der Waals surface area contributed by atoms with E-state index in [4.69, 9.17) is 9.47 Å². The van der Waals surface area contributed by atoms with Gasteiger partial charge in [-0.25, -0.2) is 0 Å². The van der Waals surface area contributed by atoms with E-state index in [9.17, 15) is 9.59 Å². The van der Waals surface area contributed by atoms with Gasteiger partial charge in [-0.2, -0.15) is 0 Å². The van der Waals surface area contributed by atoms with Crippen molar-refractivity contribution >= 4 is 11.6 Å². The summed E-state index contributed by atoms with van der Waals surface area (Å²) in [5, 5.41) is 0. The Labute approximate surface area is 135 Å². The van der Waals surface area contributed by atoms with Crippen molar-refractivity contribution in [2.75, 3.05) is 14.2 Å². The van der Waals surface area contributed by atoms with Gasteiger partial charge in [-0.15, -0.1) is 0 Å². The standard InChI is InChI=1S/C19H20O4/c1-22-12-7-5-11(6-8-12)19-9-3-4-13(19)16-14(20)10-15(23-2)18(21)17(16)19/h5-8,10,13,16-17H,3-4,9H2,1-2H3. The summed E-state index contributed by atoms with van der Waals surface area (Å²) in [7, 11) is 3.10. The smallest absolute Gasteiger partial charge is 0.202 e. The Morgan fingerprint density at radius 1 is 1.09 bits per heavy atom. The van der Waals surface area contributed by atoms with Crippen LogP contribution in [0.3, 0.4) is 0 Å². The maximum atomic E-state index is 12.8. The average molecular weight is 312 g/mol. The van der Waals surface area contributed by atoms with Crippen LogP contribution >= 0.6 is 0 Å². The van der Waals surface area contributed by atoms with Crippen molar-refractivity contribution in [3.05, 3.63) is 41.7 Å². The average Bonchev–Trinajstić information content (AvgIpc) is 2.92. The fourth-order valence-electron chi connectivity index (χ4n) is 5.19. The van der Waals surface area contributed by atoms with Gasteiger partial charge < -0.3 is 9.47 Å².